The Labute approximate surface area is 196 Å². The summed E-state index contributed by atoms with van der Waals surface area (Å²) in [4.78, 5) is 17.2. The Morgan fingerprint density at radius 2 is 1.85 bits per heavy atom. The van der Waals surface area contributed by atoms with Gasteiger partial charge in [0.15, 0.2) is 0 Å². The third kappa shape index (κ3) is 4.77. The lowest BCUT2D eigenvalue weighted by atomic mass is 9.93. The standard InChI is InChI=1S/C27H32N2O3S/c1-2-18-15-20(29-33(31,32)22-7-4-3-5-8-22)13-14-23(18)25-16-21(17-27(30)19-11-12-19)28-26-10-6-9-24(25)26/h6,9,13-16,19,22,29H,2-5,7-8,10-12,17H2,1H3. The van der Waals surface area contributed by atoms with Crippen molar-refractivity contribution in [3.8, 4) is 11.1 Å². The van der Waals surface area contributed by atoms with Crippen LogP contribution in [0.2, 0.25) is 0 Å². The predicted octanol–water partition coefficient (Wildman–Crippen LogP) is 5.48. The molecule has 5 rings (SSSR count). The van der Waals surface area contributed by atoms with Crippen molar-refractivity contribution in [2.75, 3.05) is 4.72 Å². The summed E-state index contributed by atoms with van der Waals surface area (Å²) in [6.07, 6.45) is 12.8. The minimum absolute atomic E-state index is 0.226. The predicted molar refractivity (Wildman–Crippen MR) is 133 cm³/mol. The molecule has 0 amide bonds. The molecule has 5 nitrogen and oxygen atoms in total. The molecular formula is C27H32N2O3S. The number of benzene rings is 1. The van der Waals surface area contributed by atoms with Gasteiger partial charge in [0.25, 0.3) is 0 Å². The first kappa shape index (κ1) is 22.3. The summed E-state index contributed by atoms with van der Waals surface area (Å²) < 4.78 is 28.7. The SMILES string of the molecule is CCc1cc(NS(=O)(=O)C2CCCCC2)ccc1-c1cc(CC(=O)C2CC2)nc2c1C=CC2. The van der Waals surface area contributed by atoms with Gasteiger partial charge in [0.05, 0.1) is 10.9 Å². The zero-order valence-corrected chi connectivity index (χ0v) is 20.1. The molecule has 3 aliphatic carbocycles. The summed E-state index contributed by atoms with van der Waals surface area (Å²) in [5.74, 6) is 0.520. The highest BCUT2D eigenvalue weighted by Gasteiger charge is 2.30. The Balaban J connectivity index is 1.46. The van der Waals surface area contributed by atoms with Gasteiger partial charge in [-0.1, -0.05) is 44.4 Å². The number of sulfonamides is 1. The molecule has 0 radical (unpaired) electrons. The van der Waals surface area contributed by atoms with E-state index in [2.05, 4.69) is 29.9 Å². The van der Waals surface area contributed by atoms with E-state index in [-0.39, 0.29) is 11.2 Å². The molecule has 0 bridgehead atoms. The molecule has 6 heteroatoms. The number of nitrogens with zero attached hydrogens (tertiary/aromatic N) is 1. The van der Waals surface area contributed by atoms with Crippen molar-refractivity contribution in [2.24, 2.45) is 5.92 Å². The number of anilines is 1. The fourth-order valence-electron chi connectivity index (χ4n) is 5.17. The van der Waals surface area contributed by atoms with Crippen molar-refractivity contribution in [3.63, 3.8) is 0 Å². The van der Waals surface area contributed by atoms with Gasteiger partial charge >= 0.3 is 0 Å². The molecule has 1 N–H and O–H groups in total. The van der Waals surface area contributed by atoms with E-state index in [1.165, 1.54) is 0 Å². The van der Waals surface area contributed by atoms with Crippen LogP contribution in [-0.2, 0) is 34.1 Å². The Morgan fingerprint density at radius 1 is 1.06 bits per heavy atom. The highest BCUT2D eigenvalue weighted by atomic mass is 32.2. The van der Waals surface area contributed by atoms with Crippen LogP contribution in [0.5, 0.6) is 0 Å². The van der Waals surface area contributed by atoms with Gasteiger partial charge in [-0.15, -0.1) is 0 Å². The number of hydrogen-bond donors (Lipinski definition) is 1. The van der Waals surface area contributed by atoms with E-state index in [0.717, 1.165) is 91.4 Å². The number of pyridine rings is 1. The van der Waals surface area contributed by atoms with Crippen LogP contribution in [0.25, 0.3) is 17.2 Å². The number of rotatable bonds is 8. The highest BCUT2D eigenvalue weighted by molar-refractivity contribution is 7.93. The van der Waals surface area contributed by atoms with Crippen molar-refractivity contribution < 1.29 is 13.2 Å². The maximum atomic E-state index is 12.9. The number of carbonyl (C=O) groups excluding carboxylic acids is 1. The number of allylic oxidation sites excluding steroid dienone is 1. The molecule has 2 saturated carbocycles. The number of carbonyl (C=O) groups is 1. The summed E-state index contributed by atoms with van der Waals surface area (Å²) in [6.45, 7) is 2.09. The number of fused-ring (bicyclic) bond motifs is 1. The van der Waals surface area contributed by atoms with Gasteiger partial charge in [0, 0.05) is 35.7 Å². The lowest BCUT2D eigenvalue weighted by molar-refractivity contribution is -0.119. The molecule has 33 heavy (non-hydrogen) atoms. The molecule has 0 aliphatic heterocycles. The van der Waals surface area contributed by atoms with E-state index >= 15 is 0 Å². The lowest BCUT2D eigenvalue weighted by Crippen LogP contribution is -2.29. The van der Waals surface area contributed by atoms with E-state index in [4.69, 9.17) is 4.98 Å². The fourth-order valence-corrected chi connectivity index (χ4v) is 6.75. The molecule has 1 aromatic heterocycles. The average Bonchev–Trinajstić information content (AvgIpc) is 3.57. The summed E-state index contributed by atoms with van der Waals surface area (Å²) in [6, 6.07) is 7.92. The van der Waals surface area contributed by atoms with Crippen molar-refractivity contribution in [3.05, 3.63) is 52.9 Å². The number of aryl methyl sites for hydroxylation is 1. The lowest BCUT2D eigenvalue weighted by Gasteiger charge is -2.23. The summed E-state index contributed by atoms with van der Waals surface area (Å²) in [7, 11) is -3.38. The van der Waals surface area contributed by atoms with Crippen LogP contribution in [-0.4, -0.2) is 24.4 Å². The Kier molecular flexibility index (Phi) is 6.12. The quantitative estimate of drug-likeness (QED) is 0.561. The number of aromatic nitrogens is 1. The highest BCUT2D eigenvalue weighted by Crippen LogP contribution is 2.36. The monoisotopic (exact) mass is 464 g/mol. The molecule has 0 spiro atoms. The maximum absolute atomic E-state index is 12.9. The number of nitrogens with one attached hydrogen (secondary N) is 1. The molecule has 1 aromatic carbocycles. The van der Waals surface area contributed by atoms with Crippen molar-refractivity contribution in [1.29, 1.82) is 0 Å². The molecule has 2 fully saturated rings. The largest absolute Gasteiger partial charge is 0.299 e. The van der Waals surface area contributed by atoms with Gasteiger partial charge in [-0.2, -0.15) is 0 Å². The van der Waals surface area contributed by atoms with Gasteiger partial charge in [-0.05, 0) is 67.0 Å². The zero-order valence-electron chi connectivity index (χ0n) is 19.3. The third-order valence-corrected chi connectivity index (χ3v) is 9.07. The van der Waals surface area contributed by atoms with Crippen LogP contribution in [0.3, 0.4) is 0 Å². The molecule has 2 aromatic rings. The smallest absolute Gasteiger partial charge is 0.235 e. The first-order valence-electron chi connectivity index (χ1n) is 12.3. The summed E-state index contributed by atoms with van der Waals surface area (Å²) in [5.41, 5.74) is 6.87. The van der Waals surface area contributed by atoms with Gasteiger partial charge in [-0.25, -0.2) is 8.42 Å². The first-order chi connectivity index (χ1) is 15.9. The van der Waals surface area contributed by atoms with Gasteiger partial charge in [0.1, 0.15) is 5.78 Å². The minimum atomic E-state index is -3.38. The zero-order chi connectivity index (χ0) is 23.0. The molecular weight excluding hydrogens is 432 g/mol. The second-order valence-corrected chi connectivity index (χ2v) is 11.6. The van der Waals surface area contributed by atoms with Crippen molar-refractivity contribution >= 4 is 27.6 Å². The average molecular weight is 465 g/mol. The van der Waals surface area contributed by atoms with Crippen LogP contribution in [0.15, 0.2) is 30.3 Å². The van der Waals surface area contributed by atoms with Crippen LogP contribution >= 0.6 is 0 Å². The fraction of sp³-hybridized carbons (Fsp3) is 0.481. The van der Waals surface area contributed by atoms with Crippen LogP contribution in [0, 0.1) is 5.92 Å². The molecule has 174 valence electrons. The number of ketones is 1. The van der Waals surface area contributed by atoms with E-state index in [9.17, 15) is 13.2 Å². The van der Waals surface area contributed by atoms with Crippen LogP contribution in [0.4, 0.5) is 5.69 Å². The summed E-state index contributed by atoms with van der Waals surface area (Å²) in [5, 5.41) is -0.295. The van der Waals surface area contributed by atoms with Gasteiger partial charge < -0.3 is 0 Å². The van der Waals surface area contributed by atoms with Crippen molar-refractivity contribution in [1.82, 2.24) is 4.98 Å². The van der Waals surface area contributed by atoms with E-state index < -0.39 is 10.0 Å². The third-order valence-electron chi connectivity index (χ3n) is 7.20. The summed E-state index contributed by atoms with van der Waals surface area (Å²) >= 11 is 0. The first-order valence-corrected chi connectivity index (χ1v) is 13.9. The molecule has 0 atom stereocenters. The maximum Gasteiger partial charge on any atom is 0.235 e. The molecule has 3 aliphatic rings. The van der Waals surface area contributed by atoms with Crippen molar-refractivity contribution in [2.45, 2.75) is 76.4 Å². The number of hydrogen-bond acceptors (Lipinski definition) is 4. The topological polar surface area (TPSA) is 76.1 Å². The van der Waals surface area contributed by atoms with E-state index in [1.54, 1.807) is 0 Å². The molecule has 0 unspecified atom stereocenters. The number of Topliss-reactive ketones (excluding diaryl/α,β-unsaturated/α-hetero) is 1. The van der Waals surface area contributed by atoms with Crippen LogP contribution in [0.1, 0.15) is 74.4 Å². The Bertz CT molecular complexity index is 1210. The Hall–Kier alpha value is -2.47. The Morgan fingerprint density at radius 3 is 2.58 bits per heavy atom. The van der Waals surface area contributed by atoms with E-state index in [1.807, 2.05) is 18.2 Å². The second-order valence-electron chi connectivity index (χ2n) is 9.68. The second kappa shape index (κ2) is 9.05. The van der Waals surface area contributed by atoms with Gasteiger partial charge in [-0.3, -0.25) is 14.5 Å². The normalized spacial score (nSPS) is 18.3. The van der Waals surface area contributed by atoms with E-state index in [0.29, 0.717) is 17.9 Å². The minimum Gasteiger partial charge on any atom is -0.299 e. The molecule has 1 heterocycles. The van der Waals surface area contributed by atoms with Gasteiger partial charge in [0.2, 0.25) is 10.0 Å². The molecule has 0 saturated heterocycles. The van der Waals surface area contributed by atoms with Crippen LogP contribution < -0.4 is 4.72 Å².